The second-order valence-corrected chi connectivity index (χ2v) is 4.65. The first-order valence-electron chi connectivity index (χ1n) is 6.20. The van der Waals surface area contributed by atoms with E-state index in [0.29, 0.717) is 6.54 Å². The average molecular weight is 261 g/mol. The number of aromatic nitrogens is 4. The van der Waals surface area contributed by atoms with Crippen molar-refractivity contribution in [2.45, 2.75) is 13.3 Å². The molecule has 7 heteroatoms. The Labute approximate surface area is 110 Å². The van der Waals surface area contributed by atoms with Gasteiger partial charge in [0.25, 0.3) is 0 Å². The summed E-state index contributed by atoms with van der Waals surface area (Å²) >= 11 is 0. The molecule has 0 aliphatic carbocycles. The van der Waals surface area contributed by atoms with Crippen molar-refractivity contribution in [1.82, 2.24) is 19.6 Å². The molecule has 1 aliphatic heterocycles. The van der Waals surface area contributed by atoms with Crippen LogP contribution in [0.4, 0.5) is 5.82 Å². The van der Waals surface area contributed by atoms with Crippen LogP contribution in [0.25, 0.3) is 5.65 Å². The SMILES string of the molecule is COC(=O)C1CCN(c2nccn3c(C)nnc23)C1. The van der Waals surface area contributed by atoms with Crippen LogP contribution in [0.5, 0.6) is 0 Å². The molecule has 100 valence electrons. The van der Waals surface area contributed by atoms with Crippen molar-refractivity contribution >= 4 is 17.4 Å². The largest absolute Gasteiger partial charge is 0.469 e. The summed E-state index contributed by atoms with van der Waals surface area (Å²) in [5, 5.41) is 8.20. The molecule has 0 radical (unpaired) electrons. The maximum absolute atomic E-state index is 11.6. The van der Waals surface area contributed by atoms with E-state index in [1.807, 2.05) is 17.5 Å². The lowest BCUT2D eigenvalue weighted by atomic mass is 10.1. The zero-order valence-electron chi connectivity index (χ0n) is 10.9. The molecule has 0 N–H and O–H groups in total. The molecule has 0 spiro atoms. The number of nitrogens with zero attached hydrogens (tertiary/aromatic N) is 5. The molecule has 0 saturated carbocycles. The number of fused-ring (bicyclic) bond motifs is 1. The summed E-state index contributed by atoms with van der Waals surface area (Å²) < 4.78 is 6.69. The maximum Gasteiger partial charge on any atom is 0.310 e. The van der Waals surface area contributed by atoms with Gasteiger partial charge in [-0.25, -0.2) is 4.98 Å². The number of methoxy groups -OCH3 is 1. The van der Waals surface area contributed by atoms with Gasteiger partial charge in [-0.15, -0.1) is 10.2 Å². The predicted octanol–water partition coefficient (Wildman–Crippen LogP) is 0.432. The van der Waals surface area contributed by atoms with Gasteiger partial charge in [0.15, 0.2) is 5.82 Å². The summed E-state index contributed by atoms with van der Waals surface area (Å²) in [4.78, 5) is 18.0. The molecule has 3 heterocycles. The molecule has 1 unspecified atom stereocenters. The Balaban J connectivity index is 1.92. The van der Waals surface area contributed by atoms with Gasteiger partial charge in [-0.3, -0.25) is 9.20 Å². The van der Waals surface area contributed by atoms with E-state index < -0.39 is 0 Å². The highest BCUT2D eigenvalue weighted by molar-refractivity contribution is 5.75. The summed E-state index contributed by atoms with van der Waals surface area (Å²) in [6, 6.07) is 0. The minimum Gasteiger partial charge on any atom is -0.469 e. The van der Waals surface area contributed by atoms with Gasteiger partial charge >= 0.3 is 5.97 Å². The highest BCUT2D eigenvalue weighted by Crippen LogP contribution is 2.25. The van der Waals surface area contributed by atoms with Gasteiger partial charge in [-0.05, 0) is 13.3 Å². The molecule has 2 aromatic rings. The predicted molar refractivity (Wildman–Crippen MR) is 67.9 cm³/mol. The lowest BCUT2D eigenvalue weighted by Gasteiger charge is -2.17. The smallest absolute Gasteiger partial charge is 0.310 e. The van der Waals surface area contributed by atoms with Gasteiger partial charge in [0.1, 0.15) is 5.82 Å². The molecule has 0 bridgehead atoms. The number of carbonyl (C=O) groups excluding carboxylic acids is 1. The third kappa shape index (κ3) is 1.91. The molecule has 2 aromatic heterocycles. The fourth-order valence-electron chi connectivity index (χ4n) is 2.46. The van der Waals surface area contributed by atoms with Crippen LogP contribution in [0.15, 0.2) is 12.4 Å². The summed E-state index contributed by atoms with van der Waals surface area (Å²) in [5.74, 6) is 1.35. The van der Waals surface area contributed by atoms with Gasteiger partial charge < -0.3 is 9.64 Å². The standard InChI is InChI=1S/C12H15N5O2/c1-8-14-15-11-10(13-4-6-17(8)11)16-5-3-9(7-16)12(18)19-2/h4,6,9H,3,5,7H2,1-2H3. The lowest BCUT2D eigenvalue weighted by molar-refractivity contribution is -0.144. The summed E-state index contributed by atoms with van der Waals surface area (Å²) in [6.45, 7) is 3.29. The van der Waals surface area contributed by atoms with E-state index >= 15 is 0 Å². The van der Waals surface area contributed by atoms with Gasteiger partial charge in [0, 0.05) is 25.5 Å². The van der Waals surface area contributed by atoms with E-state index in [2.05, 4.69) is 20.1 Å². The number of ether oxygens (including phenoxy) is 1. The van der Waals surface area contributed by atoms with E-state index in [0.717, 1.165) is 30.3 Å². The first kappa shape index (κ1) is 11.9. The molecule has 0 aromatic carbocycles. The molecular formula is C12H15N5O2. The second kappa shape index (κ2) is 4.49. The van der Waals surface area contributed by atoms with Crippen LogP contribution in [0, 0.1) is 12.8 Å². The van der Waals surface area contributed by atoms with Crippen molar-refractivity contribution in [3.63, 3.8) is 0 Å². The third-order valence-electron chi connectivity index (χ3n) is 3.50. The number of aryl methyl sites for hydroxylation is 1. The first-order valence-corrected chi connectivity index (χ1v) is 6.20. The van der Waals surface area contributed by atoms with Gasteiger partial charge in [0.2, 0.25) is 5.65 Å². The fraction of sp³-hybridized carbons (Fsp3) is 0.500. The Hall–Kier alpha value is -2.18. The Morgan fingerprint density at radius 1 is 1.47 bits per heavy atom. The van der Waals surface area contributed by atoms with Gasteiger partial charge in [-0.2, -0.15) is 0 Å². The number of esters is 1. The Morgan fingerprint density at radius 3 is 3.11 bits per heavy atom. The topological polar surface area (TPSA) is 72.6 Å². The van der Waals surface area contributed by atoms with Gasteiger partial charge in [0.05, 0.1) is 13.0 Å². The van der Waals surface area contributed by atoms with E-state index in [-0.39, 0.29) is 11.9 Å². The Kier molecular flexibility index (Phi) is 2.81. The van der Waals surface area contributed by atoms with Crippen molar-refractivity contribution in [2.75, 3.05) is 25.1 Å². The number of hydrogen-bond donors (Lipinski definition) is 0. The average Bonchev–Trinajstić information content (AvgIpc) is 3.05. The third-order valence-corrected chi connectivity index (χ3v) is 3.50. The number of carbonyl (C=O) groups is 1. The minimum atomic E-state index is -0.160. The highest BCUT2D eigenvalue weighted by atomic mass is 16.5. The molecule has 19 heavy (non-hydrogen) atoms. The van der Waals surface area contributed by atoms with Crippen molar-refractivity contribution in [3.8, 4) is 0 Å². The Morgan fingerprint density at radius 2 is 2.32 bits per heavy atom. The lowest BCUT2D eigenvalue weighted by Crippen LogP contribution is -2.24. The number of rotatable bonds is 2. The van der Waals surface area contributed by atoms with Crippen molar-refractivity contribution in [1.29, 1.82) is 0 Å². The van der Waals surface area contributed by atoms with E-state index in [9.17, 15) is 4.79 Å². The molecule has 0 amide bonds. The number of anilines is 1. The first-order chi connectivity index (χ1) is 9.20. The maximum atomic E-state index is 11.6. The van der Waals surface area contributed by atoms with Gasteiger partial charge in [-0.1, -0.05) is 0 Å². The normalized spacial score (nSPS) is 19.1. The van der Waals surface area contributed by atoms with Crippen LogP contribution in [0.2, 0.25) is 0 Å². The van der Waals surface area contributed by atoms with E-state index in [1.165, 1.54) is 7.11 Å². The number of hydrogen-bond acceptors (Lipinski definition) is 6. The molecule has 7 nitrogen and oxygen atoms in total. The summed E-state index contributed by atoms with van der Waals surface area (Å²) in [7, 11) is 1.42. The quantitative estimate of drug-likeness (QED) is 0.730. The van der Waals surface area contributed by atoms with Crippen LogP contribution in [0.3, 0.4) is 0 Å². The van der Waals surface area contributed by atoms with E-state index in [4.69, 9.17) is 4.74 Å². The van der Waals surface area contributed by atoms with Crippen LogP contribution in [0.1, 0.15) is 12.2 Å². The minimum absolute atomic E-state index is 0.0870. The van der Waals surface area contributed by atoms with Crippen LogP contribution < -0.4 is 4.90 Å². The van der Waals surface area contributed by atoms with Crippen molar-refractivity contribution in [2.24, 2.45) is 5.92 Å². The van der Waals surface area contributed by atoms with Crippen LogP contribution in [-0.4, -0.2) is 45.8 Å². The molecule has 1 saturated heterocycles. The summed E-state index contributed by atoms with van der Waals surface area (Å²) in [6.07, 6.45) is 4.34. The van der Waals surface area contributed by atoms with Crippen LogP contribution in [-0.2, 0) is 9.53 Å². The van der Waals surface area contributed by atoms with Crippen molar-refractivity contribution < 1.29 is 9.53 Å². The monoisotopic (exact) mass is 261 g/mol. The molecule has 1 aliphatic rings. The highest BCUT2D eigenvalue weighted by Gasteiger charge is 2.31. The van der Waals surface area contributed by atoms with E-state index in [1.54, 1.807) is 6.20 Å². The fourth-order valence-corrected chi connectivity index (χ4v) is 2.46. The molecular weight excluding hydrogens is 246 g/mol. The molecule has 1 fully saturated rings. The van der Waals surface area contributed by atoms with Crippen molar-refractivity contribution in [3.05, 3.63) is 18.2 Å². The van der Waals surface area contributed by atoms with Crippen LogP contribution >= 0.6 is 0 Å². The zero-order chi connectivity index (χ0) is 13.4. The zero-order valence-corrected chi connectivity index (χ0v) is 10.9. The molecule has 3 rings (SSSR count). The Bertz CT molecular complexity index is 624. The molecule has 1 atom stereocenters. The summed E-state index contributed by atoms with van der Waals surface area (Å²) in [5.41, 5.74) is 0.727. The second-order valence-electron chi connectivity index (χ2n) is 4.65.